The molecular formula is C37H24Br2O7. The van der Waals surface area contributed by atoms with E-state index in [2.05, 4.69) is 31.9 Å². The number of halogens is 2. The minimum absolute atomic E-state index is 0.236. The van der Waals surface area contributed by atoms with Crippen molar-refractivity contribution in [1.82, 2.24) is 0 Å². The van der Waals surface area contributed by atoms with E-state index in [-0.39, 0.29) is 11.5 Å². The molecule has 8 rings (SSSR count). The van der Waals surface area contributed by atoms with Crippen LogP contribution < -0.4 is 9.47 Å². The molecule has 2 fully saturated rings. The summed E-state index contributed by atoms with van der Waals surface area (Å²) in [6.45, 7) is 3.18. The molecule has 0 aromatic heterocycles. The summed E-state index contributed by atoms with van der Waals surface area (Å²) in [5, 5.41) is 0. The Kier molecular flexibility index (Phi) is 5.98. The van der Waals surface area contributed by atoms with Crippen LogP contribution in [0.4, 0.5) is 0 Å². The number of ketones is 3. The molecule has 0 amide bonds. The third kappa shape index (κ3) is 3.25. The molecule has 0 saturated heterocycles. The molecule has 2 aliphatic carbocycles. The molecular weight excluding hydrogens is 716 g/mol. The van der Waals surface area contributed by atoms with Crippen LogP contribution in [0.2, 0.25) is 0 Å². The first kappa shape index (κ1) is 29.2. The van der Waals surface area contributed by atoms with Crippen LogP contribution in [0.3, 0.4) is 0 Å². The standard InChI is InChI=1S/C37H24Br2O7/c1-34(29(40)19-9-5-3-6-10-19)27-23-17-21(38)13-15-25(23)45-32(43)36(27,34)31(42)37-28(24-18-22(39)14-16-26(24)46-33(37)44)35(37,2)30(41)20-11-7-4-8-12-20/h3-18,27-28H,1-2H3. The van der Waals surface area contributed by atoms with Gasteiger partial charge < -0.3 is 9.47 Å². The minimum atomic E-state index is -2.11. The minimum Gasteiger partial charge on any atom is -0.425 e. The van der Waals surface area contributed by atoms with Gasteiger partial charge in [-0.2, -0.15) is 0 Å². The smallest absolute Gasteiger partial charge is 0.326 e. The molecule has 9 heteroatoms. The first-order chi connectivity index (χ1) is 22.0. The van der Waals surface area contributed by atoms with Crippen molar-refractivity contribution in [3.63, 3.8) is 0 Å². The molecule has 46 heavy (non-hydrogen) atoms. The summed E-state index contributed by atoms with van der Waals surface area (Å²) in [5.41, 5.74) is -5.88. The molecule has 228 valence electrons. The van der Waals surface area contributed by atoms with E-state index in [1.807, 2.05) is 0 Å². The van der Waals surface area contributed by atoms with E-state index in [0.29, 0.717) is 31.2 Å². The van der Waals surface area contributed by atoms with Gasteiger partial charge in [-0.15, -0.1) is 0 Å². The lowest BCUT2D eigenvalue weighted by Crippen LogP contribution is -2.49. The quantitative estimate of drug-likeness (QED) is 0.0888. The van der Waals surface area contributed by atoms with Gasteiger partial charge in [-0.1, -0.05) is 106 Å². The number of ether oxygens (including phenoxy) is 2. The summed E-state index contributed by atoms with van der Waals surface area (Å²) < 4.78 is 13.0. The Bertz CT molecular complexity index is 1930. The topological polar surface area (TPSA) is 104 Å². The second kappa shape index (κ2) is 9.42. The Morgan fingerprint density at radius 2 is 0.957 bits per heavy atom. The van der Waals surface area contributed by atoms with Crippen molar-refractivity contribution in [2.75, 3.05) is 0 Å². The molecule has 0 bridgehead atoms. The van der Waals surface area contributed by atoms with Gasteiger partial charge in [-0.25, -0.2) is 0 Å². The van der Waals surface area contributed by atoms with E-state index in [0.717, 1.165) is 0 Å². The number of fused-ring (bicyclic) bond motifs is 6. The molecule has 0 radical (unpaired) electrons. The van der Waals surface area contributed by atoms with Crippen LogP contribution in [0.15, 0.2) is 106 Å². The van der Waals surface area contributed by atoms with Crippen molar-refractivity contribution in [3.05, 3.63) is 128 Å². The molecule has 6 unspecified atom stereocenters. The maximum atomic E-state index is 15.7. The van der Waals surface area contributed by atoms with Crippen molar-refractivity contribution in [1.29, 1.82) is 0 Å². The summed E-state index contributed by atoms with van der Waals surface area (Å²) >= 11 is 6.97. The number of hydrogen-bond acceptors (Lipinski definition) is 7. The summed E-state index contributed by atoms with van der Waals surface area (Å²) in [6, 6.07) is 27.0. The fourth-order valence-electron chi connectivity index (χ4n) is 8.65. The molecule has 2 heterocycles. The summed E-state index contributed by atoms with van der Waals surface area (Å²) in [4.78, 5) is 73.5. The largest absolute Gasteiger partial charge is 0.425 e. The number of rotatable bonds is 6. The molecule has 6 atom stereocenters. The van der Waals surface area contributed by atoms with Gasteiger partial charge in [0.25, 0.3) is 0 Å². The lowest BCUT2D eigenvalue weighted by atomic mass is 9.73. The predicted octanol–water partition coefficient (Wildman–Crippen LogP) is 7.26. The van der Waals surface area contributed by atoms with Gasteiger partial charge in [-0.05, 0) is 36.4 Å². The second-order valence-corrected chi connectivity index (χ2v) is 14.6. The van der Waals surface area contributed by atoms with Gasteiger partial charge in [0.15, 0.2) is 17.3 Å². The Morgan fingerprint density at radius 3 is 1.33 bits per heavy atom. The highest BCUT2D eigenvalue weighted by Gasteiger charge is 2.97. The van der Waals surface area contributed by atoms with E-state index in [1.54, 1.807) is 111 Å². The third-order valence-corrected chi connectivity index (χ3v) is 11.8. The maximum absolute atomic E-state index is 15.7. The van der Waals surface area contributed by atoms with Gasteiger partial charge in [0.05, 0.1) is 10.8 Å². The molecule has 0 N–H and O–H groups in total. The van der Waals surface area contributed by atoms with Crippen LogP contribution in [0.25, 0.3) is 0 Å². The van der Waals surface area contributed by atoms with Gasteiger partial charge in [-0.3, -0.25) is 24.0 Å². The maximum Gasteiger partial charge on any atom is 0.326 e. The van der Waals surface area contributed by atoms with Crippen molar-refractivity contribution < 1.29 is 33.4 Å². The highest BCUT2D eigenvalue weighted by molar-refractivity contribution is 9.10. The number of carbonyl (C=O) groups excluding carboxylic acids is 5. The lowest BCUT2D eigenvalue weighted by Gasteiger charge is -2.30. The highest BCUT2D eigenvalue weighted by Crippen LogP contribution is 2.87. The lowest BCUT2D eigenvalue weighted by molar-refractivity contribution is -0.157. The van der Waals surface area contributed by atoms with E-state index in [4.69, 9.17) is 9.47 Å². The average molecular weight is 740 g/mol. The first-order valence-electron chi connectivity index (χ1n) is 14.7. The van der Waals surface area contributed by atoms with Gasteiger partial charge in [0.1, 0.15) is 22.3 Å². The molecule has 2 saturated carbocycles. The monoisotopic (exact) mass is 738 g/mol. The van der Waals surface area contributed by atoms with Crippen molar-refractivity contribution >= 4 is 61.1 Å². The first-order valence-corrected chi connectivity index (χ1v) is 16.3. The van der Waals surface area contributed by atoms with Crippen molar-refractivity contribution in [2.24, 2.45) is 21.7 Å². The molecule has 4 aliphatic rings. The fourth-order valence-corrected chi connectivity index (χ4v) is 9.41. The van der Waals surface area contributed by atoms with E-state index in [1.165, 1.54) is 0 Å². The number of hydrogen-bond donors (Lipinski definition) is 0. The Hall–Kier alpha value is -4.21. The van der Waals surface area contributed by atoms with Crippen LogP contribution in [0.1, 0.15) is 57.5 Å². The van der Waals surface area contributed by atoms with Crippen LogP contribution >= 0.6 is 31.9 Å². The zero-order valence-corrected chi connectivity index (χ0v) is 27.7. The van der Waals surface area contributed by atoms with E-state index >= 15 is 4.79 Å². The number of carbonyl (C=O) groups is 5. The van der Waals surface area contributed by atoms with Crippen LogP contribution in [0, 0.1) is 21.7 Å². The normalized spacial score (nSPS) is 31.2. The predicted molar refractivity (Wildman–Crippen MR) is 173 cm³/mol. The summed E-state index contributed by atoms with van der Waals surface area (Å²) in [5.74, 6) is -5.01. The number of benzene rings is 4. The van der Waals surface area contributed by atoms with Crippen LogP contribution in [-0.4, -0.2) is 29.3 Å². The SMILES string of the molecule is CC1(C(=O)c2ccccc2)C2c3cc(Br)ccc3OC(=O)C21C(=O)C12C(=O)Oc3ccc(Br)cc3C1C2(C)C(=O)c1ccccc1. The number of esters is 2. The van der Waals surface area contributed by atoms with Gasteiger partial charge in [0, 0.05) is 43.0 Å². The molecule has 4 aromatic carbocycles. The third-order valence-electron chi connectivity index (χ3n) is 10.8. The van der Waals surface area contributed by atoms with E-state index in [9.17, 15) is 19.2 Å². The molecule has 7 nitrogen and oxygen atoms in total. The van der Waals surface area contributed by atoms with Crippen LogP contribution in [0.5, 0.6) is 11.5 Å². The average Bonchev–Trinajstić information content (AvgIpc) is 3.88. The zero-order chi connectivity index (χ0) is 32.4. The van der Waals surface area contributed by atoms with Gasteiger partial charge in [0.2, 0.25) is 0 Å². The Morgan fingerprint density at radius 1 is 0.587 bits per heavy atom. The number of Topliss-reactive ketones (excluding diaryl/α,β-unsaturated/α-hetero) is 3. The van der Waals surface area contributed by atoms with E-state index < -0.39 is 62.8 Å². The second-order valence-electron chi connectivity index (χ2n) is 12.7. The Balaban J connectivity index is 1.39. The Labute approximate surface area is 280 Å². The van der Waals surface area contributed by atoms with Gasteiger partial charge >= 0.3 is 11.9 Å². The summed E-state index contributed by atoms with van der Waals surface area (Å²) in [7, 11) is 0. The molecule has 2 aliphatic heterocycles. The van der Waals surface area contributed by atoms with Crippen LogP contribution in [-0.2, 0) is 14.4 Å². The highest BCUT2D eigenvalue weighted by atomic mass is 79.9. The van der Waals surface area contributed by atoms with Crippen molar-refractivity contribution in [2.45, 2.75) is 25.7 Å². The molecule has 0 spiro atoms. The zero-order valence-electron chi connectivity index (χ0n) is 24.5. The van der Waals surface area contributed by atoms with Crippen molar-refractivity contribution in [3.8, 4) is 11.5 Å². The fraction of sp³-hybridized carbons (Fsp3) is 0.216. The molecule has 4 aromatic rings. The summed E-state index contributed by atoms with van der Waals surface area (Å²) in [6.07, 6.45) is 0.